The Hall–Kier alpha value is -3.62. The van der Waals surface area contributed by atoms with Crippen molar-refractivity contribution >= 4 is 20.3 Å². The van der Waals surface area contributed by atoms with Crippen molar-refractivity contribution in [1.82, 2.24) is 13.4 Å². The lowest BCUT2D eigenvalue weighted by Gasteiger charge is -2.39. The van der Waals surface area contributed by atoms with Crippen LogP contribution in [0.3, 0.4) is 0 Å². The lowest BCUT2D eigenvalue weighted by atomic mass is 9.80. The fourth-order valence-corrected chi connectivity index (χ4v) is 8.68. The first-order valence-corrected chi connectivity index (χ1v) is 18.8. The van der Waals surface area contributed by atoms with E-state index in [0.29, 0.717) is 31.9 Å². The van der Waals surface area contributed by atoms with E-state index in [4.69, 9.17) is 28.0 Å². The van der Waals surface area contributed by atoms with Crippen LogP contribution in [-0.4, -0.2) is 65.1 Å². The summed E-state index contributed by atoms with van der Waals surface area (Å²) in [6, 6.07) is 28.9. The van der Waals surface area contributed by atoms with Crippen molar-refractivity contribution in [3.8, 4) is 23.4 Å². The number of rotatable bonds is 18. The lowest BCUT2D eigenvalue weighted by Crippen LogP contribution is -2.37. The molecular formula is C38H47N4O6PS. The maximum atomic E-state index is 9.27. The second-order valence-electron chi connectivity index (χ2n) is 12.7. The highest BCUT2D eigenvalue weighted by molar-refractivity contribution is 7.44. The topological polar surface area (TPSA) is 108 Å². The van der Waals surface area contributed by atoms with Gasteiger partial charge in [-0.1, -0.05) is 54.6 Å². The van der Waals surface area contributed by atoms with E-state index in [1.807, 2.05) is 42.5 Å². The first-order chi connectivity index (χ1) is 24.3. The molecule has 5 rings (SSSR count). The molecule has 1 aromatic heterocycles. The van der Waals surface area contributed by atoms with E-state index in [0.717, 1.165) is 39.9 Å². The van der Waals surface area contributed by atoms with E-state index in [1.54, 1.807) is 20.4 Å². The highest BCUT2D eigenvalue weighted by Gasteiger charge is 2.44. The Morgan fingerprint density at radius 3 is 2.00 bits per heavy atom. The molecule has 1 aliphatic rings. The van der Waals surface area contributed by atoms with Crippen molar-refractivity contribution in [2.75, 3.05) is 27.4 Å². The molecule has 1 saturated carbocycles. The van der Waals surface area contributed by atoms with E-state index < -0.39 is 14.1 Å². The minimum atomic E-state index is -1.49. The minimum Gasteiger partial charge on any atom is -0.497 e. The van der Waals surface area contributed by atoms with Gasteiger partial charge in [-0.15, -0.1) is 4.37 Å². The maximum Gasteiger partial charge on any atom is 0.259 e. The summed E-state index contributed by atoms with van der Waals surface area (Å²) in [5.74, 6) is 1.97. The van der Waals surface area contributed by atoms with E-state index >= 15 is 0 Å². The van der Waals surface area contributed by atoms with Crippen molar-refractivity contribution in [2.45, 2.75) is 76.9 Å². The molecule has 50 heavy (non-hydrogen) atoms. The zero-order valence-corrected chi connectivity index (χ0v) is 31.3. The van der Waals surface area contributed by atoms with E-state index in [2.05, 4.69) is 83.6 Å². The second-order valence-corrected chi connectivity index (χ2v) is 14.7. The molecule has 3 aromatic carbocycles. The fraction of sp³-hybridized carbons (Fsp3) is 0.447. The summed E-state index contributed by atoms with van der Waals surface area (Å²) < 4.78 is 48.7. The average Bonchev–Trinajstić information content (AvgIpc) is 3.79. The summed E-state index contributed by atoms with van der Waals surface area (Å²) in [5.41, 5.74) is 1.93. The molecule has 1 heterocycles. The molecule has 1 aliphatic carbocycles. The van der Waals surface area contributed by atoms with Gasteiger partial charge in [-0.2, -0.15) is 9.64 Å². The van der Waals surface area contributed by atoms with Crippen molar-refractivity contribution in [3.63, 3.8) is 0 Å². The zero-order chi connectivity index (χ0) is 35.5. The molecule has 4 aromatic rings. The first kappa shape index (κ1) is 37.6. The van der Waals surface area contributed by atoms with Gasteiger partial charge in [0.15, 0.2) is 0 Å². The molecule has 0 amide bonds. The van der Waals surface area contributed by atoms with Crippen LogP contribution in [0.15, 0.2) is 85.1 Å². The molecule has 266 valence electrons. The van der Waals surface area contributed by atoms with Gasteiger partial charge < -0.3 is 28.0 Å². The fourth-order valence-electron chi connectivity index (χ4n) is 6.53. The summed E-state index contributed by atoms with van der Waals surface area (Å²) in [7, 11) is 1.84. The number of hydrogen-bond donors (Lipinski definition) is 0. The average molecular weight is 719 g/mol. The van der Waals surface area contributed by atoms with Crippen LogP contribution in [0, 0.1) is 17.2 Å². The molecule has 0 radical (unpaired) electrons. The highest BCUT2D eigenvalue weighted by atomic mass is 32.1. The SMILES string of the molecule is COc1ccc(C(OC[C@H]2C[C@@H](Oc3cnsn3)C[C@@H]2OP(OCCC#N)N(C(C)C)C(C)C)(c2ccccc2)c2ccc(OC)cc2)cc1. The van der Waals surface area contributed by atoms with Crippen molar-refractivity contribution in [2.24, 2.45) is 5.92 Å². The molecule has 1 fully saturated rings. The number of nitriles is 1. The quantitative estimate of drug-likeness (QED) is 0.0566. The van der Waals surface area contributed by atoms with Gasteiger partial charge in [0.25, 0.3) is 8.53 Å². The lowest BCUT2D eigenvalue weighted by molar-refractivity contribution is -0.0278. The summed E-state index contributed by atoms with van der Waals surface area (Å²) in [4.78, 5) is 0. The number of benzene rings is 3. The predicted molar refractivity (Wildman–Crippen MR) is 195 cm³/mol. The first-order valence-electron chi connectivity index (χ1n) is 17.0. The largest absolute Gasteiger partial charge is 0.497 e. The number of methoxy groups -OCH3 is 2. The van der Waals surface area contributed by atoms with Crippen LogP contribution in [0.5, 0.6) is 17.4 Å². The summed E-state index contributed by atoms with van der Waals surface area (Å²) in [6.07, 6.45) is 2.83. The van der Waals surface area contributed by atoms with Crippen LogP contribution in [-0.2, 0) is 19.4 Å². The Bertz CT molecular complexity index is 1560. The molecule has 0 aliphatic heterocycles. The summed E-state index contributed by atoms with van der Waals surface area (Å²) in [6.45, 7) is 9.21. The van der Waals surface area contributed by atoms with Crippen molar-refractivity contribution in [1.29, 1.82) is 5.26 Å². The van der Waals surface area contributed by atoms with Crippen LogP contribution in [0.25, 0.3) is 0 Å². The van der Waals surface area contributed by atoms with Crippen LogP contribution in [0.4, 0.5) is 0 Å². The normalized spacial score (nSPS) is 18.4. The highest BCUT2D eigenvalue weighted by Crippen LogP contribution is 2.51. The van der Waals surface area contributed by atoms with Gasteiger partial charge in [0.2, 0.25) is 5.88 Å². The number of nitrogens with zero attached hydrogens (tertiary/aromatic N) is 4. The Kier molecular flexibility index (Phi) is 13.6. The molecule has 0 saturated heterocycles. The molecule has 4 atom stereocenters. The Morgan fingerprint density at radius 2 is 1.48 bits per heavy atom. The number of hydrogen-bond acceptors (Lipinski definition) is 11. The molecule has 12 heteroatoms. The Labute approximate surface area is 301 Å². The minimum absolute atomic E-state index is 0.0584. The van der Waals surface area contributed by atoms with Gasteiger partial charge in [0.05, 0.1) is 57.8 Å². The molecule has 0 spiro atoms. The molecule has 0 N–H and O–H groups in total. The van der Waals surface area contributed by atoms with Crippen molar-refractivity contribution in [3.05, 3.63) is 102 Å². The Balaban J connectivity index is 1.54. The van der Waals surface area contributed by atoms with Crippen LogP contribution in [0.2, 0.25) is 0 Å². The van der Waals surface area contributed by atoms with Gasteiger partial charge in [0.1, 0.15) is 29.4 Å². The standard InChI is InChI=1S/C38H47N4O6PS/c1-27(2)42(28(3)4)49(46-22-10-21-39)48-36-24-35(47-37-25-40-50-41-37)23-29(36)26-45-38(30-11-8-7-9-12-30,31-13-17-33(43-5)18-14-31)32-15-19-34(44-6)20-16-32/h7-9,11-20,25,27-29,35-36H,10,22-24,26H2,1-6H3/t29-,35-,36+,49?/m1/s1. The monoisotopic (exact) mass is 718 g/mol. The van der Waals surface area contributed by atoms with E-state index in [-0.39, 0.29) is 36.6 Å². The number of ether oxygens (including phenoxy) is 4. The van der Waals surface area contributed by atoms with Gasteiger partial charge in [-0.05, 0) is 75.1 Å². The summed E-state index contributed by atoms with van der Waals surface area (Å²) >= 11 is 1.12. The van der Waals surface area contributed by atoms with Gasteiger partial charge in [0, 0.05) is 24.4 Å². The summed E-state index contributed by atoms with van der Waals surface area (Å²) in [5, 5.41) is 9.27. The molecule has 0 bridgehead atoms. The van der Waals surface area contributed by atoms with E-state index in [9.17, 15) is 5.26 Å². The molecular weight excluding hydrogens is 671 g/mol. The third-order valence-electron chi connectivity index (χ3n) is 8.79. The smallest absolute Gasteiger partial charge is 0.259 e. The third kappa shape index (κ3) is 8.99. The van der Waals surface area contributed by atoms with Crippen molar-refractivity contribution < 1.29 is 28.0 Å². The maximum absolute atomic E-state index is 9.27. The van der Waals surface area contributed by atoms with Gasteiger partial charge in [-0.3, -0.25) is 0 Å². The predicted octanol–water partition coefficient (Wildman–Crippen LogP) is 8.38. The van der Waals surface area contributed by atoms with E-state index in [1.165, 1.54) is 0 Å². The van der Waals surface area contributed by atoms with Crippen LogP contribution >= 0.6 is 20.3 Å². The molecule has 1 unspecified atom stereocenters. The van der Waals surface area contributed by atoms with Gasteiger partial charge in [-0.25, -0.2) is 4.67 Å². The third-order valence-corrected chi connectivity index (χ3v) is 11.4. The van der Waals surface area contributed by atoms with Crippen LogP contribution in [0.1, 0.15) is 63.6 Å². The van der Waals surface area contributed by atoms with Gasteiger partial charge >= 0.3 is 0 Å². The Morgan fingerprint density at radius 1 is 0.880 bits per heavy atom. The second kappa shape index (κ2) is 18.0. The van der Waals surface area contributed by atoms with Crippen LogP contribution < -0.4 is 14.2 Å². The zero-order valence-electron chi connectivity index (χ0n) is 29.6. The molecule has 10 nitrogen and oxygen atoms in total. The number of aromatic nitrogens is 2.